The van der Waals surface area contributed by atoms with E-state index in [0.717, 1.165) is 10.6 Å². The van der Waals surface area contributed by atoms with E-state index in [0.29, 0.717) is 33.6 Å². The van der Waals surface area contributed by atoms with Gasteiger partial charge >= 0.3 is 0 Å². The summed E-state index contributed by atoms with van der Waals surface area (Å²) < 4.78 is 26.2. The third-order valence-corrected chi connectivity index (χ3v) is 7.20. The monoisotopic (exact) mass is 561 g/mol. The first kappa shape index (κ1) is 29.2. The first-order valence-electron chi connectivity index (χ1n) is 11.1. The van der Waals surface area contributed by atoms with E-state index in [1.165, 1.54) is 17.0 Å². The largest absolute Gasteiger partial charge is 0.354 e. The summed E-state index contributed by atoms with van der Waals surface area (Å²) in [5.41, 5.74) is 0.865. The molecule has 1 N–H and O–H groups in total. The Hall–Kier alpha value is -2.00. The van der Waals surface area contributed by atoms with E-state index in [9.17, 15) is 18.0 Å². The van der Waals surface area contributed by atoms with Crippen LogP contribution in [-0.2, 0) is 26.2 Å². The number of amides is 2. The lowest BCUT2D eigenvalue weighted by atomic mass is 10.1. The Balaban J connectivity index is 2.44. The third kappa shape index (κ3) is 8.56. The number of rotatable bonds is 11. The van der Waals surface area contributed by atoms with Gasteiger partial charge in [0, 0.05) is 28.2 Å². The molecule has 1 atom stereocenters. The number of hydrogen-bond donors (Lipinski definition) is 1. The van der Waals surface area contributed by atoms with Crippen molar-refractivity contribution in [3.8, 4) is 0 Å². The molecule has 0 aliphatic heterocycles. The Kier molecular flexibility index (Phi) is 10.7. The standard InChI is InChI=1S/C24H30Cl3N3O4S/c1-5-22(24(32)28-13-16(2)3)29(14-17-6-7-19(26)12-21(17)27)23(31)15-30(35(4,33)34)20-10-8-18(25)9-11-20/h6-12,16,22H,5,13-15H2,1-4H3,(H,28,32)/t22-/m0/s1. The molecule has 0 bridgehead atoms. The van der Waals surface area contributed by atoms with Crippen LogP contribution in [0.5, 0.6) is 0 Å². The van der Waals surface area contributed by atoms with Crippen LogP contribution in [0.2, 0.25) is 15.1 Å². The maximum Gasteiger partial charge on any atom is 0.244 e. The van der Waals surface area contributed by atoms with Gasteiger partial charge in [-0.3, -0.25) is 13.9 Å². The molecule has 2 aromatic rings. The van der Waals surface area contributed by atoms with Crippen LogP contribution in [0.15, 0.2) is 42.5 Å². The molecule has 35 heavy (non-hydrogen) atoms. The molecule has 0 saturated heterocycles. The number of halogens is 3. The number of anilines is 1. The molecule has 0 unspecified atom stereocenters. The summed E-state index contributed by atoms with van der Waals surface area (Å²) in [5, 5.41) is 4.07. The Morgan fingerprint density at radius 2 is 1.60 bits per heavy atom. The number of hydrogen-bond acceptors (Lipinski definition) is 4. The smallest absolute Gasteiger partial charge is 0.244 e. The van der Waals surface area contributed by atoms with Crippen molar-refractivity contribution < 1.29 is 18.0 Å². The predicted molar refractivity (Wildman–Crippen MR) is 143 cm³/mol. The molecule has 0 aliphatic carbocycles. The van der Waals surface area contributed by atoms with Crippen molar-refractivity contribution in [1.82, 2.24) is 10.2 Å². The van der Waals surface area contributed by atoms with Crippen molar-refractivity contribution in [1.29, 1.82) is 0 Å². The van der Waals surface area contributed by atoms with Gasteiger partial charge < -0.3 is 10.2 Å². The van der Waals surface area contributed by atoms with Crippen molar-refractivity contribution in [3.63, 3.8) is 0 Å². The molecule has 192 valence electrons. The summed E-state index contributed by atoms with van der Waals surface area (Å²) in [6, 6.07) is 10.2. The quantitative estimate of drug-likeness (QED) is 0.418. The van der Waals surface area contributed by atoms with E-state index >= 15 is 0 Å². The summed E-state index contributed by atoms with van der Waals surface area (Å²) in [6.45, 7) is 5.66. The van der Waals surface area contributed by atoms with E-state index in [4.69, 9.17) is 34.8 Å². The molecular weight excluding hydrogens is 533 g/mol. The lowest BCUT2D eigenvalue weighted by Crippen LogP contribution is -2.52. The molecule has 2 rings (SSSR count). The Morgan fingerprint density at radius 1 is 1.00 bits per heavy atom. The van der Waals surface area contributed by atoms with Gasteiger partial charge in [0.25, 0.3) is 0 Å². The zero-order chi connectivity index (χ0) is 26.3. The van der Waals surface area contributed by atoms with Crippen LogP contribution in [0, 0.1) is 5.92 Å². The maximum absolute atomic E-state index is 13.6. The summed E-state index contributed by atoms with van der Waals surface area (Å²) >= 11 is 18.3. The fraction of sp³-hybridized carbons (Fsp3) is 0.417. The summed E-state index contributed by atoms with van der Waals surface area (Å²) in [4.78, 5) is 28.0. The molecule has 0 fully saturated rings. The second-order valence-electron chi connectivity index (χ2n) is 8.57. The second-order valence-corrected chi connectivity index (χ2v) is 11.8. The molecule has 0 saturated carbocycles. The first-order valence-corrected chi connectivity index (χ1v) is 14.1. The minimum absolute atomic E-state index is 0.000655. The fourth-order valence-electron chi connectivity index (χ4n) is 3.40. The molecule has 0 radical (unpaired) electrons. The van der Waals surface area contributed by atoms with Gasteiger partial charge in [-0.1, -0.05) is 61.6 Å². The van der Waals surface area contributed by atoms with E-state index in [1.54, 1.807) is 37.3 Å². The van der Waals surface area contributed by atoms with Gasteiger partial charge in [-0.25, -0.2) is 8.42 Å². The highest BCUT2D eigenvalue weighted by Gasteiger charge is 2.32. The highest BCUT2D eigenvalue weighted by molar-refractivity contribution is 7.92. The molecule has 0 spiro atoms. The average molecular weight is 563 g/mol. The highest BCUT2D eigenvalue weighted by atomic mass is 35.5. The van der Waals surface area contributed by atoms with Gasteiger partial charge in [-0.05, 0) is 54.3 Å². The predicted octanol–water partition coefficient (Wildman–Crippen LogP) is 4.99. The Labute approximate surface area is 222 Å². The molecule has 7 nitrogen and oxygen atoms in total. The minimum atomic E-state index is -3.82. The van der Waals surface area contributed by atoms with Crippen LogP contribution in [0.1, 0.15) is 32.8 Å². The molecule has 0 aromatic heterocycles. The molecule has 0 aliphatic rings. The van der Waals surface area contributed by atoms with Crippen LogP contribution in [0.25, 0.3) is 0 Å². The fourth-order valence-corrected chi connectivity index (χ4v) is 4.84. The van der Waals surface area contributed by atoms with E-state index in [1.807, 2.05) is 13.8 Å². The average Bonchev–Trinajstić information content (AvgIpc) is 2.77. The van der Waals surface area contributed by atoms with E-state index in [-0.39, 0.29) is 24.1 Å². The first-order chi connectivity index (χ1) is 16.3. The Morgan fingerprint density at radius 3 is 2.11 bits per heavy atom. The topological polar surface area (TPSA) is 86.8 Å². The van der Waals surface area contributed by atoms with Crippen molar-refractivity contribution in [2.45, 2.75) is 39.8 Å². The van der Waals surface area contributed by atoms with Crippen molar-refractivity contribution in [2.75, 3.05) is 23.7 Å². The zero-order valence-electron chi connectivity index (χ0n) is 20.1. The number of benzene rings is 2. The lowest BCUT2D eigenvalue weighted by molar-refractivity contribution is -0.140. The normalized spacial score (nSPS) is 12.3. The summed E-state index contributed by atoms with van der Waals surface area (Å²) in [6.07, 6.45) is 1.34. The lowest BCUT2D eigenvalue weighted by Gasteiger charge is -2.33. The second kappa shape index (κ2) is 12.8. The third-order valence-electron chi connectivity index (χ3n) is 5.22. The highest BCUT2D eigenvalue weighted by Crippen LogP contribution is 2.25. The molecule has 0 heterocycles. The molecule has 2 amide bonds. The van der Waals surface area contributed by atoms with Crippen molar-refractivity contribution in [3.05, 3.63) is 63.1 Å². The molecule has 2 aromatic carbocycles. The Bertz CT molecular complexity index is 1140. The van der Waals surface area contributed by atoms with Crippen LogP contribution in [0.4, 0.5) is 5.69 Å². The van der Waals surface area contributed by atoms with E-state index < -0.39 is 28.5 Å². The minimum Gasteiger partial charge on any atom is -0.354 e. The number of sulfonamides is 1. The number of nitrogens with zero attached hydrogens (tertiary/aromatic N) is 2. The van der Waals surface area contributed by atoms with Gasteiger partial charge in [-0.2, -0.15) is 0 Å². The SMILES string of the molecule is CC[C@@H](C(=O)NCC(C)C)N(Cc1ccc(Cl)cc1Cl)C(=O)CN(c1ccc(Cl)cc1)S(C)(=O)=O. The number of nitrogens with one attached hydrogen (secondary N) is 1. The van der Waals surface area contributed by atoms with Gasteiger partial charge in [0.1, 0.15) is 12.6 Å². The molecule has 11 heteroatoms. The van der Waals surface area contributed by atoms with E-state index in [2.05, 4.69) is 5.32 Å². The zero-order valence-corrected chi connectivity index (χ0v) is 23.2. The van der Waals surface area contributed by atoms with Crippen LogP contribution in [-0.4, -0.2) is 50.5 Å². The van der Waals surface area contributed by atoms with Gasteiger partial charge in [0.15, 0.2) is 0 Å². The maximum atomic E-state index is 13.6. The van der Waals surface area contributed by atoms with Crippen LogP contribution in [0.3, 0.4) is 0 Å². The number of carbonyl (C=O) groups is 2. The van der Waals surface area contributed by atoms with Crippen molar-refractivity contribution in [2.24, 2.45) is 5.92 Å². The summed E-state index contributed by atoms with van der Waals surface area (Å²) in [7, 11) is -3.82. The number of carbonyl (C=O) groups excluding carboxylic acids is 2. The van der Waals surface area contributed by atoms with Gasteiger partial charge in [0.2, 0.25) is 21.8 Å². The van der Waals surface area contributed by atoms with Crippen LogP contribution >= 0.6 is 34.8 Å². The molecular formula is C24H30Cl3N3O4S. The van der Waals surface area contributed by atoms with Gasteiger partial charge in [0.05, 0.1) is 11.9 Å². The summed E-state index contributed by atoms with van der Waals surface area (Å²) in [5.74, 6) is -0.656. The van der Waals surface area contributed by atoms with Crippen LogP contribution < -0.4 is 9.62 Å². The van der Waals surface area contributed by atoms with Crippen molar-refractivity contribution >= 4 is 62.3 Å². The van der Waals surface area contributed by atoms with Gasteiger partial charge in [-0.15, -0.1) is 0 Å².